The Morgan fingerprint density at radius 3 is 1.12 bits per heavy atom. The second kappa shape index (κ2) is 41.8. The van der Waals surface area contributed by atoms with Crippen molar-refractivity contribution in [3.05, 3.63) is 33.6 Å². The topological polar surface area (TPSA) is 445 Å². The van der Waals surface area contributed by atoms with Crippen LogP contribution in [0.25, 0.3) is 0 Å². The number of fused-ring (bicyclic) bond motifs is 1. The minimum atomic E-state index is -1.38. The quantitative estimate of drug-likeness (QED) is 0.0596. The molecule has 9 atom stereocenters. The molecule has 6 N–H and O–H groups in total. The molecule has 5 rings (SSSR count). The summed E-state index contributed by atoms with van der Waals surface area (Å²) in [6, 6.07) is 0. The van der Waals surface area contributed by atoms with Crippen molar-refractivity contribution < 1.29 is 145 Å². The molecule has 0 saturated carbocycles. The number of Topliss-reactive ketones (excluding diaryl/α,β-unsaturated/α-hetero) is 2. The number of hydrogen-bond acceptors (Lipinski definition) is 27. The zero-order valence-electron chi connectivity index (χ0n) is 50.7. The third-order valence-corrected chi connectivity index (χ3v) is 11.2. The second-order valence-electron chi connectivity index (χ2n) is 18.7. The van der Waals surface area contributed by atoms with Crippen LogP contribution in [-0.4, -0.2) is 197 Å². The molecular formula is C56H82O30. The van der Waals surface area contributed by atoms with Gasteiger partial charge in [-0.05, 0) is 13.3 Å². The molecule has 0 spiro atoms. The number of allylic oxidation sites excluding steroid dienone is 1. The first kappa shape index (κ1) is 80.0. The normalized spacial score (nSPS) is 21.5. The van der Waals surface area contributed by atoms with Gasteiger partial charge in [0, 0.05) is 144 Å². The lowest BCUT2D eigenvalue weighted by Gasteiger charge is -2.37. The zero-order valence-corrected chi connectivity index (χ0v) is 50.7. The average molecular weight is 1240 g/mol. The fourth-order valence-corrected chi connectivity index (χ4v) is 8.61. The van der Waals surface area contributed by atoms with E-state index < -0.39 is 149 Å². The van der Waals surface area contributed by atoms with Gasteiger partial charge in [-0.2, -0.15) is 0 Å². The van der Waals surface area contributed by atoms with Gasteiger partial charge in [0.05, 0.1) is 48.8 Å². The number of carbonyl (C=O) groups is 13. The summed E-state index contributed by atoms with van der Waals surface area (Å²) < 4.78 is 60.8. The van der Waals surface area contributed by atoms with Gasteiger partial charge in [-0.1, -0.05) is 6.92 Å². The smallest absolute Gasteiger partial charge is 0.302 e. The van der Waals surface area contributed by atoms with Crippen molar-refractivity contribution >= 4 is 77.5 Å². The van der Waals surface area contributed by atoms with E-state index in [4.69, 9.17) is 87.0 Å². The summed E-state index contributed by atoms with van der Waals surface area (Å²) >= 11 is 0. The Balaban J connectivity index is 0. The average Bonchev–Trinajstić information content (AvgIpc) is 1.02. The van der Waals surface area contributed by atoms with Crippen molar-refractivity contribution in [2.45, 2.75) is 196 Å². The van der Waals surface area contributed by atoms with E-state index in [1.807, 2.05) is 0 Å². The number of carboxylic acids is 3. The van der Waals surface area contributed by atoms with Gasteiger partial charge in [-0.3, -0.25) is 57.5 Å². The number of aliphatic hydroxyl groups excluding tert-OH is 1. The third-order valence-electron chi connectivity index (χ3n) is 11.2. The van der Waals surface area contributed by atoms with E-state index in [-0.39, 0.29) is 100 Å². The number of aromatic hydroxyl groups is 2. The van der Waals surface area contributed by atoms with E-state index >= 15 is 4.79 Å². The monoisotopic (exact) mass is 1230 g/mol. The SMILES string of the molecule is CC(=O)O.CC(=O)O.CC(=O)O.CC=O.CCc1c(O)c2c(c(O)c1CC1CC(OC(C)=O)CC(COC(C)=O)O1)C(=O)C(CC1CC(OC(C)=O)CC(COC(C)=O)O1)=C(OC1CC(OC(C)=O)CC(COC(C)=O)O1)C2=O.CO.COC(C)=O. The first-order valence-electron chi connectivity index (χ1n) is 26.6. The minimum Gasteiger partial charge on any atom is -0.507 e. The van der Waals surface area contributed by atoms with E-state index in [1.165, 1.54) is 62.5 Å². The minimum absolute atomic E-state index is 0.0223. The molecule has 3 saturated heterocycles. The van der Waals surface area contributed by atoms with Gasteiger partial charge in [0.1, 0.15) is 55.9 Å². The predicted octanol–water partition coefficient (Wildman–Crippen LogP) is 3.59. The summed E-state index contributed by atoms with van der Waals surface area (Å²) in [5, 5.41) is 53.3. The molecule has 486 valence electrons. The second-order valence-corrected chi connectivity index (χ2v) is 18.7. The number of rotatable bonds is 16. The van der Waals surface area contributed by atoms with E-state index in [0.717, 1.165) is 34.2 Å². The Morgan fingerprint density at radius 2 is 0.791 bits per heavy atom. The number of phenols is 2. The van der Waals surface area contributed by atoms with Crippen LogP contribution in [0.2, 0.25) is 0 Å². The first-order valence-corrected chi connectivity index (χ1v) is 26.6. The van der Waals surface area contributed by atoms with Gasteiger partial charge >= 0.3 is 41.8 Å². The highest BCUT2D eigenvalue weighted by atomic mass is 16.7. The molecule has 0 bridgehead atoms. The van der Waals surface area contributed by atoms with Gasteiger partial charge in [0.15, 0.2) is 11.5 Å². The summed E-state index contributed by atoms with van der Waals surface area (Å²) in [5.74, 6) is -10.1. The maximum Gasteiger partial charge on any atom is 0.302 e. The number of phenolic OH excluding ortho intramolecular Hbond substituents is 2. The standard InChI is InChI=1S/C44H56O20.C3H6O2.3C2H4O2.C2H4O.CH4O/c1-8-34-35(14-28-9-26(58-23(5)48)11-31(61-28)17-55-20(2)45)41(52)38-39(40(34)51)43(54)44(64-37-16-30(60-25(7)50)13-33(63-37)19-57-22(4)47)36(42(38)53)15-29-10-27(59-24(6)49)12-32(62-29)18-56-21(3)46;1-3(4)5-2;3*1-2(3)4;1-2-3;1-2/h26-33,37,51-52H,8-19H2,1-7H3;1-2H3;3*1H3,(H,3,4);2H,1H3;2H,1H3. The van der Waals surface area contributed by atoms with Crippen molar-refractivity contribution in [2.24, 2.45) is 0 Å². The van der Waals surface area contributed by atoms with Crippen molar-refractivity contribution in [1.82, 2.24) is 0 Å². The summed E-state index contributed by atoms with van der Waals surface area (Å²) in [4.78, 5) is 146. The van der Waals surface area contributed by atoms with Crippen molar-refractivity contribution in [3.63, 3.8) is 0 Å². The number of esters is 7. The zero-order chi connectivity index (χ0) is 66.7. The highest BCUT2D eigenvalue weighted by molar-refractivity contribution is 6.28. The van der Waals surface area contributed by atoms with Crippen LogP contribution in [-0.2, 0) is 118 Å². The fourth-order valence-electron chi connectivity index (χ4n) is 8.61. The Hall–Kier alpha value is -8.09. The molecule has 9 unspecified atom stereocenters. The number of carboxylic acid groups (broad SMARTS) is 3. The highest BCUT2D eigenvalue weighted by Crippen LogP contribution is 2.46. The Labute approximate surface area is 496 Å². The van der Waals surface area contributed by atoms with E-state index in [2.05, 4.69) is 4.74 Å². The van der Waals surface area contributed by atoms with Gasteiger partial charge < -0.3 is 87.5 Å². The Morgan fingerprint density at radius 1 is 0.488 bits per heavy atom. The summed E-state index contributed by atoms with van der Waals surface area (Å²) in [6.45, 7) is 14.4. The summed E-state index contributed by atoms with van der Waals surface area (Å²) in [6.07, 6.45) is -7.08. The van der Waals surface area contributed by atoms with Crippen LogP contribution in [0.15, 0.2) is 11.3 Å². The molecule has 30 heteroatoms. The number of carbonyl (C=O) groups excluding carboxylic acids is 10. The van der Waals surface area contributed by atoms with Crippen LogP contribution in [0.4, 0.5) is 0 Å². The van der Waals surface area contributed by atoms with Gasteiger partial charge in [0.25, 0.3) is 17.9 Å². The van der Waals surface area contributed by atoms with Crippen LogP contribution in [0.1, 0.15) is 160 Å². The molecule has 30 nitrogen and oxygen atoms in total. The lowest BCUT2D eigenvalue weighted by Crippen LogP contribution is -2.43. The van der Waals surface area contributed by atoms with Crippen LogP contribution >= 0.6 is 0 Å². The maximum absolute atomic E-state index is 15.0. The lowest BCUT2D eigenvalue weighted by atomic mass is 9.79. The number of aliphatic hydroxyl groups is 1. The number of ketones is 2. The molecule has 3 heterocycles. The molecule has 1 aromatic carbocycles. The largest absolute Gasteiger partial charge is 0.507 e. The molecule has 86 heavy (non-hydrogen) atoms. The molecule has 3 aliphatic heterocycles. The van der Waals surface area contributed by atoms with Crippen molar-refractivity contribution in [2.75, 3.05) is 34.0 Å². The van der Waals surface area contributed by atoms with Crippen molar-refractivity contribution in [1.29, 1.82) is 0 Å². The molecule has 0 amide bonds. The van der Waals surface area contributed by atoms with E-state index in [1.54, 1.807) is 6.92 Å². The number of hydrogen-bond donors (Lipinski definition) is 6. The van der Waals surface area contributed by atoms with Crippen molar-refractivity contribution in [3.8, 4) is 11.5 Å². The highest BCUT2D eigenvalue weighted by Gasteiger charge is 2.45. The molecule has 0 radical (unpaired) electrons. The third kappa shape index (κ3) is 32.3. The number of ether oxygens (including phenoxy) is 11. The van der Waals surface area contributed by atoms with E-state index in [0.29, 0.717) is 0 Å². The molecule has 3 fully saturated rings. The lowest BCUT2D eigenvalue weighted by molar-refractivity contribution is -0.215. The molecule has 4 aliphatic rings. The number of benzene rings is 1. The Kier molecular flexibility index (Phi) is 38.9. The molecule has 1 aromatic rings. The molecule has 1 aliphatic carbocycles. The van der Waals surface area contributed by atoms with Gasteiger partial charge in [-0.15, -0.1) is 0 Å². The van der Waals surface area contributed by atoms with Crippen LogP contribution in [0, 0.1) is 0 Å². The molecule has 0 aromatic heterocycles. The van der Waals surface area contributed by atoms with Gasteiger partial charge in [0.2, 0.25) is 12.1 Å². The fraction of sp³-hybridized carbons (Fsp3) is 0.625. The van der Waals surface area contributed by atoms with Crippen LogP contribution in [0.5, 0.6) is 11.5 Å². The first-order chi connectivity index (χ1) is 40.1. The van der Waals surface area contributed by atoms with Crippen LogP contribution < -0.4 is 0 Å². The number of methoxy groups -OCH3 is 1. The summed E-state index contributed by atoms with van der Waals surface area (Å²) in [7, 11) is 2.35. The molecular weight excluding hydrogens is 1150 g/mol. The van der Waals surface area contributed by atoms with Gasteiger partial charge in [-0.25, -0.2) is 0 Å². The van der Waals surface area contributed by atoms with E-state index in [9.17, 15) is 48.6 Å². The predicted molar refractivity (Wildman–Crippen MR) is 292 cm³/mol. The number of aldehydes is 1. The number of aliphatic carboxylic acids is 3. The Bertz CT molecular complexity index is 2470. The van der Waals surface area contributed by atoms with Crippen LogP contribution in [0.3, 0.4) is 0 Å². The summed E-state index contributed by atoms with van der Waals surface area (Å²) in [5.41, 5.74) is -1.24. The maximum atomic E-state index is 15.0.